The monoisotopic (exact) mass is 278 g/mol. The third kappa shape index (κ3) is 1.86. The average Bonchev–Trinajstić information content (AvgIpc) is 2.19. The maximum Gasteiger partial charge on any atom is 0.331 e. The van der Waals surface area contributed by atoms with Crippen LogP contribution in [0.25, 0.3) is 0 Å². The van der Waals surface area contributed by atoms with Crippen molar-refractivity contribution < 1.29 is 15.0 Å². The molecule has 0 aromatic rings. The second-order valence-corrected chi connectivity index (χ2v) is 8.74. The van der Waals surface area contributed by atoms with E-state index in [1.807, 2.05) is 6.92 Å². The number of carbonyl (C=O) groups is 1. The van der Waals surface area contributed by atoms with Crippen LogP contribution in [0.4, 0.5) is 0 Å². The lowest BCUT2D eigenvalue weighted by atomic mass is 9.38. The van der Waals surface area contributed by atoms with Gasteiger partial charge in [-0.25, -0.2) is 4.79 Å². The first-order chi connectivity index (χ1) is 9.01. The maximum atomic E-state index is 11.4. The van der Waals surface area contributed by atoms with E-state index in [-0.39, 0.29) is 16.2 Å². The highest BCUT2D eigenvalue weighted by Crippen LogP contribution is 2.72. The summed E-state index contributed by atoms with van der Waals surface area (Å²) in [5.74, 6) is -0.819. The fourth-order valence-electron chi connectivity index (χ4n) is 6.59. The van der Waals surface area contributed by atoms with Crippen molar-refractivity contribution in [1.82, 2.24) is 0 Å². The minimum Gasteiger partial charge on any atom is -0.478 e. The van der Waals surface area contributed by atoms with E-state index in [2.05, 4.69) is 13.8 Å². The Morgan fingerprint density at radius 1 is 0.900 bits per heavy atom. The topological polar surface area (TPSA) is 57.5 Å². The molecule has 2 N–H and O–H groups in total. The summed E-state index contributed by atoms with van der Waals surface area (Å²) in [5, 5.41) is 20.3. The Labute approximate surface area is 121 Å². The van der Waals surface area contributed by atoms with E-state index in [9.17, 15) is 15.0 Å². The molecule has 4 aliphatic rings. The van der Waals surface area contributed by atoms with Gasteiger partial charge in [0.05, 0.1) is 5.60 Å². The molecule has 0 spiro atoms. The van der Waals surface area contributed by atoms with E-state index >= 15 is 0 Å². The first-order valence-corrected chi connectivity index (χ1v) is 7.64. The van der Waals surface area contributed by atoms with E-state index in [0.717, 1.165) is 37.7 Å². The SMILES string of the molecule is CC(C(=O)O)=C(C)C12CC3(C)CC(C)(CC(O)(C3)C1)C2. The lowest BCUT2D eigenvalue weighted by molar-refractivity contribution is -0.214. The van der Waals surface area contributed by atoms with Gasteiger partial charge < -0.3 is 10.2 Å². The standard InChI is InChI=1S/C17H26O3/c1-11(13(18)19)12(2)16-6-14(3)5-15(4,7-16)9-17(20,8-14)10-16/h20H,5-10H2,1-4H3,(H,18,19). The molecule has 20 heavy (non-hydrogen) atoms. The van der Waals surface area contributed by atoms with E-state index in [0.29, 0.717) is 5.57 Å². The van der Waals surface area contributed by atoms with Crippen LogP contribution in [0.15, 0.2) is 11.1 Å². The number of hydrogen-bond acceptors (Lipinski definition) is 2. The number of carboxylic acids is 1. The molecule has 0 heterocycles. The zero-order valence-corrected chi connectivity index (χ0v) is 13.0. The van der Waals surface area contributed by atoms with Crippen molar-refractivity contribution in [3.05, 3.63) is 11.1 Å². The molecule has 112 valence electrons. The van der Waals surface area contributed by atoms with E-state index in [4.69, 9.17) is 0 Å². The Kier molecular flexibility index (Phi) is 2.60. The molecule has 4 bridgehead atoms. The molecule has 2 atom stereocenters. The van der Waals surface area contributed by atoms with Crippen molar-refractivity contribution >= 4 is 5.97 Å². The van der Waals surface area contributed by atoms with Gasteiger partial charge in [0.25, 0.3) is 0 Å². The van der Waals surface area contributed by atoms with Crippen LogP contribution in [0.5, 0.6) is 0 Å². The van der Waals surface area contributed by atoms with Crippen LogP contribution in [0, 0.1) is 16.2 Å². The minimum absolute atomic E-state index is 0.102. The van der Waals surface area contributed by atoms with Crippen molar-refractivity contribution in [2.75, 3.05) is 0 Å². The van der Waals surface area contributed by atoms with Crippen molar-refractivity contribution in [2.45, 2.75) is 71.8 Å². The summed E-state index contributed by atoms with van der Waals surface area (Å²) < 4.78 is 0. The van der Waals surface area contributed by atoms with Gasteiger partial charge in [-0.15, -0.1) is 0 Å². The molecule has 0 radical (unpaired) electrons. The summed E-state index contributed by atoms with van der Waals surface area (Å²) in [5.41, 5.74) is 1.12. The van der Waals surface area contributed by atoms with Gasteiger partial charge in [0, 0.05) is 5.57 Å². The van der Waals surface area contributed by atoms with Crippen LogP contribution in [0.1, 0.15) is 66.2 Å². The molecule has 0 amide bonds. The highest BCUT2D eigenvalue weighted by molar-refractivity contribution is 5.87. The van der Waals surface area contributed by atoms with Gasteiger partial charge in [0.15, 0.2) is 0 Å². The number of carboxylic acid groups (broad SMARTS) is 1. The smallest absolute Gasteiger partial charge is 0.331 e. The fraction of sp³-hybridized carbons (Fsp3) is 0.824. The quantitative estimate of drug-likeness (QED) is 0.760. The van der Waals surface area contributed by atoms with Crippen LogP contribution < -0.4 is 0 Å². The summed E-state index contributed by atoms with van der Waals surface area (Å²) in [6, 6.07) is 0. The Bertz CT molecular complexity index is 463. The van der Waals surface area contributed by atoms with Gasteiger partial charge in [0.1, 0.15) is 0 Å². The van der Waals surface area contributed by atoms with Crippen molar-refractivity contribution in [2.24, 2.45) is 16.2 Å². The normalized spacial score (nSPS) is 51.0. The van der Waals surface area contributed by atoms with Gasteiger partial charge in [-0.05, 0) is 68.6 Å². The second kappa shape index (κ2) is 3.68. The third-order valence-corrected chi connectivity index (χ3v) is 6.24. The largest absolute Gasteiger partial charge is 0.478 e. The molecular weight excluding hydrogens is 252 g/mol. The van der Waals surface area contributed by atoms with Crippen molar-refractivity contribution in [1.29, 1.82) is 0 Å². The molecule has 0 aromatic heterocycles. The third-order valence-electron chi connectivity index (χ3n) is 6.24. The number of aliphatic carboxylic acids is 1. The van der Waals surface area contributed by atoms with Gasteiger partial charge >= 0.3 is 5.97 Å². The van der Waals surface area contributed by atoms with Crippen molar-refractivity contribution in [3.63, 3.8) is 0 Å². The zero-order valence-electron chi connectivity index (χ0n) is 13.0. The summed E-state index contributed by atoms with van der Waals surface area (Å²) in [6.45, 7) is 8.26. The molecule has 4 aliphatic carbocycles. The van der Waals surface area contributed by atoms with Gasteiger partial charge in [-0.3, -0.25) is 0 Å². The minimum atomic E-state index is -0.819. The molecular formula is C17H26O3. The molecule has 0 saturated heterocycles. The highest BCUT2D eigenvalue weighted by atomic mass is 16.4. The molecule has 4 saturated carbocycles. The Balaban J connectivity index is 2.11. The van der Waals surface area contributed by atoms with Crippen LogP contribution in [0.3, 0.4) is 0 Å². The predicted octanol–water partition coefficient (Wildman–Crippen LogP) is 3.52. The van der Waals surface area contributed by atoms with Gasteiger partial charge in [-0.2, -0.15) is 0 Å². The Morgan fingerprint density at radius 3 is 1.80 bits per heavy atom. The molecule has 3 heteroatoms. The molecule has 4 rings (SSSR count). The first-order valence-electron chi connectivity index (χ1n) is 7.64. The predicted molar refractivity (Wildman–Crippen MR) is 77.3 cm³/mol. The van der Waals surface area contributed by atoms with Crippen LogP contribution in [-0.2, 0) is 4.79 Å². The van der Waals surface area contributed by atoms with E-state index in [1.54, 1.807) is 6.92 Å². The first kappa shape index (κ1) is 14.1. The molecule has 2 unspecified atom stereocenters. The van der Waals surface area contributed by atoms with Crippen LogP contribution in [0.2, 0.25) is 0 Å². The summed E-state index contributed by atoms with van der Waals surface area (Å²) in [4.78, 5) is 11.4. The lowest BCUT2D eigenvalue weighted by Gasteiger charge is -2.68. The summed E-state index contributed by atoms with van der Waals surface area (Å²) in [7, 11) is 0. The molecule has 0 aromatic carbocycles. The lowest BCUT2D eigenvalue weighted by Crippen LogP contribution is -2.63. The molecule has 3 nitrogen and oxygen atoms in total. The number of aliphatic hydroxyl groups is 1. The number of rotatable bonds is 2. The summed E-state index contributed by atoms with van der Waals surface area (Å²) in [6.07, 6.45) is 5.77. The number of hydrogen-bond donors (Lipinski definition) is 2. The van der Waals surface area contributed by atoms with Gasteiger partial charge in [-0.1, -0.05) is 19.4 Å². The zero-order chi connectivity index (χ0) is 15.0. The van der Waals surface area contributed by atoms with E-state index in [1.165, 1.54) is 6.42 Å². The summed E-state index contributed by atoms with van der Waals surface area (Å²) >= 11 is 0. The van der Waals surface area contributed by atoms with Crippen LogP contribution in [-0.4, -0.2) is 21.8 Å². The van der Waals surface area contributed by atoms with Gasteiger partial charge in [0.2, 0.25) is 0 Å². The maximum absolute atomic E-state index is 11.4. The fourth-order valence-corrected chi connectivity index (χ4v) is 6.59. The Morgan fingerprint density at radius 2 is 1.40 bits per heavy atom. The number of allylic oxidation sites excluding steroid dienone is 1. The van der Waals surface area contributed by atoms with Crippen molar-refractivity contribution in [3.8, 4) is 0 Å². The molecule has 4 fully saturated rings. The van der Waals surface area contributed by atoms with Crippen LogP contribution >= 0.6 is 0 Å². The highest BCUT2D eigenvalue weighted by Gasteiger charge is 2.65. The van der Waals surface area contributed by atoms with E-state index < -0.39 is 11.6 Å². The average molecular weight is 278 g/mol. The Hall–Kier alpha value is -0.830. The second-order valence-electron chi connectivity index (χ2n) is 8.74. The molecule has 0 aliphatic heterocycles.